The number of imidazole rings is 1. The van der Waals surface area contributed by atoms with Crippen molar-refractivity contribution in [1.82, 2.24) is 9.55 Å². The first-order valence-corrected chi connectivity index (χ1v) is 4.39. The summed E-state index contributed by atoms with van der Waals surface area (Å²) in [4.78, 5) is 3.98. The minimum atomic E-state index is 0. The van der Waals surface area contributed by atoms with Crippen LogP contribution < -0.4 is 0 Å². The first-order chi connectivity index (χ1) is 5.43. The molecule has 0 spiro atoms. The Morgan fingerprint density at radius 1 is 1.25 bits per heavy atom. The van der Waals surface area contributed by atoms with Gasteiger partial charge in [-0.2, -0.15) is 0 Å². The lowest BCUT2D eigenvalue weighted by atomic mass is 10.2. The van der Waals surface area contributed by atoms with E-state index in [0.717, 1.165) is 6.54 Å². The molecule has 0 saturated carbocycles. The molecule has 0 fully saturated rings. The molecule has 1 heterocycles. The average Bonchev–Trinajstić information content (AvgIpc) is 2.50. The third-order valence-corrected chi connectivity index (χ3v) is 1.83. The highest BCUT2D eigenvalue weighted by molar-refractivity contribution is 5.85. The van der Waals surface area contributed by atoms with E-state index in [1.165, 1.54) is 25.7 Å². The second kappa shape index (κ2) is 7.17. The molecule has 12 heavy (non-hydrogen) atoms. The van der Waals surface area contributed by atoms with Crippen molar-refractivity contribution in [2.24, 2.45) is 0 Å². The number of aromatic nitrogens is 2. The summed E-state index contributed by atoms with van der Waals surface area (Å²) in [5.41, 5.74) is 0. The zero-order chi connectivity index (χ0) is 7.94. The molecule has 0 aliphatic heterocycles. The number of halogens is 1. The van der Waals surface area contributed by atoms with E-state index in [2.05, 4.69) is 16.5 Å². The van der Waals surface area contributed by atoms with Gasteiger partial charge in [0.2, 0.25) is 0 Å². The summed E-state index contributed by atoms with van der Waals surface area (Å²) in [6.45, 7) is 3.36. The average molecular weight is 189 g/mol. The van der Waals surface area contributed by atoms with E-state index in [9.17, 15) is 0 Å². The highest BCUT2D eigenvalue weighted by Gasteiger charge is 1.89. The lowest BCUT2D eigenvalue weighted by Crippen LogP contribution is -1.93. The van der Waals surface area contributed by atoms with Gasteiger partial charge in [-0.25, -0.2) is 4.98 Å². The van der Waals surface area contributed by atoms with Gasteiger partial charge in [-0.05, 0) is 6.42 Å². The molecule has 0 aromatic carbocycles. The molecule has 3 heteroatoms. The van der Waals surface area contributed by atoms with E-state index in [1.807, 2.05) is 18.7 Å². The Morgan fingerprint density at radius 2 is 2.08 bits per heavy atom. The van der Waals surface area contributed by atoms with Gasteiger partial charge >= 0.3 is 0 Å². The molecular formula is C9H17ClN2. The van der Waals surface area contributed by atoms with E-state index in [4.69, 9.17) is 0 Å². The van der Waals surface area contributed by atoms with Crippen molar-refractivity contribution in [2.75, 3.05) is 0 Å². The van der Waals surface area contributed by atoms with Crippen molar-refractivity contribution in [3.05, 3.63) is 18.7 Å². The van der Waals surface area contributed by atoms with Crippen LogP contribution in [0.15, 0.2) is 18.7 Å². The summed E-state index contributed by atoms with van der Waals surface area (Å²) in [5.74, 6) is 0. The maximum Gasteiger partial charge on any atom is 0.0945 e. The molecule has 0 atom stereocenters. The van der Waals surface area contributed by atoms with E-state index < -0.39 is 0 Å². The highest BCUT2D eigenvalue weighted by atomic mass is 35.5. The SMILES string of the molecule is CCCCCCn1ccnc1.Cl. The van der Waals surface area contributed by atoms with Gasteiger partial charge in [0, 0.05) is 18.9 Å². The largest absolute Gasteiger partial charge is 0.337 e. The van der Waals surface area contributed by atoms with Crippen LogP contribution in [0.1, 0.15) is 32.6 Å². The van der Waals surface area contributed by atoms with E-state index in [0.29, 0.717) is 0 Å². The Kier molecular flexibility index (Phi) is 6.87. The van der Waals surface area contributed by atoms with Crippen molar-refractivity contribution < 1.29 is 0 Å². The smallest absolute Gasteiger partial charge is 0.0945 e. The van der Waals surface area contributed by atoms with Crippen LogP contribution in [0.4, 0.5) is 0 Å². The van der Waals surface area contributed by atoms with E-state index in [1.54, 1.807) is 0 Å². The topological polar surface area (TPSA) is 17.8 Å². The molecule has 0 bridgehead atoms. The molecule has 1 rings (SSSR count). The molecule has 0 aliphatic rings. The third-order valence-electron chi connectivity index (χ3n) is 1.83. The second-order valence-corrected chi connectivity index (χ2v) is 2.86. The zero-order valence-electron chi connectivity index (χ0n) is 7.57. The van der Waals surface area contributed by atoms with Crippen LogP contribution in [-0.2, 0) is 6.54 Å². The van der Waals surface area contributed by atoms with Crippen molar-refractivity contribution in [3.63, 3.8) is 0 Å². The quantitative estimate of drug-likeness (QED) is 0.650. The number of unbranched alkanes of at least 4 members (excludes halogenated alkanes) is 3. The molecule has 1 aromatic rings. The standard InChI is InChI=1S/C9H16N2.ClH/c1-2-3-4-5-7-11-8-6-10-9-11;/h6,8-9H,2-5,7H2,1H3;1H. The Labute approximate surface area is 80.4 Å². The number of nitrogens with zero attached hydrogens (tertiary/aromatic N) is 2. The molecule has 0 radical (unpaired) electrons. The first kappa shape index (κ1) is 11.5. The number of hydrogen-bond donors (Lipinski definition) is 0. The molecule has 0 N–H and O–H groups in total. The second-order valence-electron chi connectivity index (χ2n) is 2.86. The molecular weight excluding hydrogens is 172 g/mol. The van der Waals surface area contributed by atoms with Crippen molar-refractivity contribution in [2.45, 2.75) is 39.2 Å². The lowest BCUT2D eigenvalue weighted by Gasteiger charge is -1.99. The fourth-order valence-corrected chi connectivity index (χ4v) is 1.14. The number of aryl methyl sites for hydroxylation is 1. The van der Waals surface area contributed by atoms with Crippen molar-refractivity contribution in [3.8, 4) is 0 Å². The van der Waals surface area contributed by atoms with Crippen LogP contribution in [0, 0.1) is 0 Å². The predicted octanol–water partition coefficient (Wildman–Crippen LogP) is 2.89. The zero-order valence-corrected chi connectivity index (χ0v) is 8.39. The summed E-state index contributed by atoms with van der Waals surface area (Å²) >= 11 is 0. The highest BCUT2D eigenvalue weighted by Crippen LogP contribution is 2.00. The third kappa shape index (κ3) is 4.39. The van der Waals surface area contributed by atoms with E-state index >= 15 is 0 Å². The summed E-state index contributed by atoms with van der Waals surface area (Å²) < 4.78 is 2.13. The minimum absolute atomic E-state index is 0. The Morgan fingerprint density at radius 3 is 2.67 bits per heavy atom. The maximum absolute atomic E-state index is 3.98. The van der Waals surface area contributed by atoms with Crippen LogP contribution >= 0.6 is 12.4 Å². The fourth-order valence-electron chi connectivity index (χ4n) is 1.14. The van der Waals surface area contributed by atoms with Crippen LogP contribution in [0.3, 0.4) is 0 Å². The van der Waals surface area contributed by atoms with Gasteiger partial charge in [-0.1, -0.05) is 26.2 Å². The molecule has 0 aliphatic carbocycles. The van der Waals surface area contributed by atoms with Crippen LogP contribution in [0.2, 0.25) is 0 Å². The lowest BCUT2D eigenvalue weighted by molar-refractivity contribution is 0.582. The van der Waals surface area contributed by atoms with Gasteiger partial charge in [0.25, 0.3) is 0 Å². The predicted molar refractivity (Wildman–Crippen MR) is 53.6 cm³/mol. The van der Waals surface area contributed by atoms with Gasteiger partial charge in [-0.3, -0.25) is 0 Å². The minimum Gasteiger partial charge on any atom is -0.337 e. The van der Waals surface area contributed by atoms with Crippen molar-refractivity contribution in [1.29, 1.82) is 0 Å². The number of rotatable bonds is 5. The van der Waals surface area contributed by atoms with Gasteiger partial charge < -0.3 is 4.57 Å². The van der Waals surface area contributed by atoms with Crippen LogP contribution in [-0.4, -0.2) is 9.55 Å². The molecule has 70 valence electrons. The number of hydrogen-bond acceptors (Lipinski definition) is 1. The summed E-state index contributed by atoms with van der Waals surface area (Å²) in [5, 5.41) is 0. The summed E-state index contributed by atoms with van der Waals surface area (Å²) in [6.07, 6.45) is 11.0. The van der Waals surface area contributed by atoms with Gasteiger partial charge in [0.1, 0.15) is 0 Å². The van der Waals surface area contributed by atoms with Gasteiger partial charge in [0.15, 0.2) is 0 Å². The van der Waals surface area contributed by atoms with Crippen LogP contribution in [0.5, 0.6) is 0 Å². The first-order valence-electron chi connectivity index (χ1n) is 4.39. The van der Waals surface area contributed by atoms with Gasteiger partial charge in [0.05, 0.1) is 6.33 Å². The van der Waals surface area contributed by atoms with Crippen molar-refractivity contribution >= 4 is 12.4 Å². The fraction of sp³-hybridized carbons (Fsp3) is 0.667. The summed E-state index contributed by atoms with van der Waals surface area (Å²) in [7, 11) is 0. The Hall–Kier alpha value is -0.500. The molecule has 0 amide bonds. The Balaban J connectivity index is 0.00000121. The Bertz CT molecular complexity index is 173. The summed E-state index contributed by atoms with van der Waals surface area (Å²) in [6, 6.07) is 0. The monoisotopic (exact) mass is 188 g/mol. The molecule has 0 saturated heterocycles. The molecule has 2 nitrogen and oxygen atoms in total. The molecule has 1 aromatic heterocycles. The maximum atomic E-state index is 3.98. The van der Waals surface area contributed by atoms with E-state index in [-0.39, 0.29) is 12.4 Å². The molecule has 0 unspecified atom stereocenters. The van der Waals surface area contributed by atoms with Crippen LogP contribution in [0.25, 0.3) is 0 Å². The normalized spacial score (nSPS) is 9.42. The van der Waals surface area contributed by atoms with Gasteiger partial charge in [-0.15, -0.1) is 12.4 Å².